The lowest BCUT2D eigenvalue weighted by molar-refractivity contribution is -0.134. The van der Waals surface area contributed by atoms with Crippen LogP contribution in [0.2, 0.25) is 0 Å². The molecule has 1 saturated carbocycles. The fourth-order valence-electron chi connectivity index (χ4n) is 4.51. The Labute approximate surface area is 126 Å². The Morgan fingerprint density at radius 2 is 2.24 bits per heavy atom. The smallest absolute Gasteiger partial charge is 0.226 e. The Hall–Kier alpha value is -1.35. The van der Waals surface area contributed by atoms with Gasteiger partial charge in [0.05, 0.1) is 0 Å². The van der Waals surface area contributed by atoms with E-state index in [9.17, 15) is 4.79 Å². The molecule has 1 spiro atoms. The zero-order valence-corrected chi connectivity index (χ0v) is 12.8. The Bertz CT molecular complexity index is 570. The molecule has 2 fully saturated rings. The lowest BCUT2D eigenvalue weighted by Crippen LogP contribution is -2.52. The van der Waals surface area contributed by atoms with Gasteiger partial charge in [0.15, 0.2) is 0 Å². The normalized spacial score (nSPS) is 34.6. The second-order valence-electron chi connectivity index (χ2n) is 7.06. The second kappa shape index (κ2) is 4.84. The van der Waals surface area contributed by atoms with Gasteiger partial charge < -0.3 is 10.2 Å². The molecule has 3 nitrogen and oxygen atoms in total. The van der Waals surface area contributed by atoms with E-state index in [0.29, 0.717) is 11.9 Å². The van der Waals surface area contributed by atoms with Crippen molar-refractivity contribution in [1.29, 1.82) is 0 Å². The van der Waals surface area contributed by atoms with Crippen molar-refractivity contribution in [3.8, 4) is 0 Å². The number of piperazine rings is 1. The van der Waals surface area contributed by atoms with E-state index in [4.69, 9.17) is 0 Å². The van der Waals surface area contributed by atoms with Gasteiger partial charge in [-0.15, -0.1) is 0 Å². The molecule has 0 radical (unpaired) electrons. The number of amides is 1. The van der Waals surface area contributed by atoms with Gasteiger partial charge in [-0.25, -0.2) is 0 Å². The number of benzene rings is 1. The molecule has 1 aliphatic heterocycles. The molecule has 1 heterocycles. The summed E-state index contributed by atoms with van der Waals surface area (Å²) in [5.74, 6) is 0.643. The summed E-state index contributed by atoms with van der Waals surface area (Å²) in [6.07, 6.45) is 4.69. The van der Waals surface area contributed by atoms with Crippen LogP contribution in [0.3, 0.4) is 0 Å². The van der Waals surface area contributed by atoms with Crippen LogP contribution >= 0.6 is 0 Å². The zero-order chi connectivity index (χ0) is 14.4. The van der Waals surface area contributed by atoms with Crippen LogP contribution < -0.4 is 5.32 Å². The largest absolute Gasteiger partial charge is 0.340 e. The first-order chi connectivity index (χ1) is 10.2. The number of hydrogen-bond acceptors (Lipinski definition) is 2. The van der Waals surface area contributed by atoms with Crippen LogP contribution in [0.4, 0.5) is 0 Å². The summed E-state index contributed by atoms with van der Waals surface area (Å²) in [6.45, 7) is 4.84. The van der Waals surface area contributed by atoms with Crippen molar-refractivity contribution in [3.05, 3.63) is 35.4 Å². The lowest BCUT2D eigenvalue weighted by Gasteiger charge is -2.33. The molecule has 0 aromatic heterocycles. The third kappa shape index (κ3) is 2.10. The second-order valence-corrected chi connectivity index (χ2v) is 7.06. The van der Waals surface area contributed by atoms with Crippen molar-refractivity contribution in [2.24, 2.45) is 5.92 Å². The SMILES string of the molecule is CC1CN(C(=O)C2CC23CCCc2ccccc23)CCN1. The number of hydrogen-bond donors (Lipinski definition) is 1. The molecule has 1 aromatic rings. The predicted octanol–water partition coefficient (Wildman–Crippen LogP) is 2.10. The Morgan fingerprint density at radius 3 is 3.10 bits per heavy atom. The highest BCUT2D eigenvalue weighted by molar-refractivity contribution is 5.85. The minimum Gasteiger partial charge on any atom is -0.340 e. The molecular weight excluding hydrogens is 260 g/mol. The van der Waals surface area contributed by atoms with E-state index in [1.54, 1.807) is 0 Å². The molecule has 1 aromatic carbocycles. The van der Waals surface area contributed by atoms with Gasteiger partial charge in [-0.3, -0.25) is 4.79 Å². The number of carbonyl (C=O) groups is 1. The van der Waals surface area contributed by atoms with Gasteiger partial charge in [0.1, 0.15) is 0 Å². The van der Waals surface area contributed by atoms with E-state index >= 15 is 0 Å². The number of aryl methyl sites for hydroxylation is 1. The van der Waals surface area contributed by atoms with Gasteiger partial charge in [0.25, 0.3) is 0 Å². The van der Waals surface area contributed by atoms with Gasteiger partial charge in [0.2, 0.25) is 5.91 Å². The Balaban J connectivity index is 1.56. The molecule has 3 atom stereocenters. The highest BCUT2D eigenvalue weighted by atomic mass is 16.2. The van der Waals surface area contributed by atoms with E-state index < -0.39 is 0 Å². The molecule has 1 amide bonds. The number of rotatable bonds is 1. The van der Waals surface area contributed by atoms with E-state index in [1.807, 2.05) is 0 Å². The van der Waals surface area contributed by atoms with Gasteiger partial charge >= 0.3 is 0 Å². The minimum absolute atomic E-state index is 0.181. The number of nitrogens with zero attached hydrogens (tertiary/aromatic N) is 1. The highest BCUT2D eigenvalue weighted by Gasteiger charge is 2.60. The van der Waals surface area contributed by atoms with Crippen molar-refractivity contribution < 1.29 is 4.79 Å². The summed E-state index contributed by atoms with van der Waals surface area (Å²) >= 11 is 0. The first-order valence-electron chi connectivity index (χ1n) is 8.31. The van der Waals surface area contributed by atoms with Crippen molar-refractivity contribution in [2.45, 2.75) is 44.1 Å². The molecule has 1 saturated heterocycles. The maximum Gasteiger partial charge on any atom is 0.226 e. The third-order valence-electron chi connectivity index (χ3n) is 5.68. The average Bonchev–Trinajstić information content (AvgIpc) is 3.22. The van der Waals surface area contributed by atoms with Crippen LogP contribution in [0, 0.1) is 5.92 Å². The van der Waals surface area contributed by atoms with Crippen molar-refractivity contribution in [2.75, 3.05) is 19.6 Å². The monoisotopic (exact) mass is 284 g/mol. The maximum absolute atomic E-state index is 12.9. The number of fused-ring (bicyclic) bond motifs is 2. The van der Waals surface area contributed by atoms with E-state index in [0.717, 1.165) is 26.1 Å². The van der Waals surface area contributed by atoms with Crippen LogP contribution in [0.15, 0.2) is 24.3 Å². The topological polar surface area (TPSA) is 32.3 Å². The summed E-state index contributed by atoms with van der Waals surface area (Å²) in [6, 6.07) is 9.22. The van der Waals surface area contributed by atoms with E-state index in [1.165, 1.54) is 30.4 Å². The first kappa shape index (κ1) is 13.3. The fraction of sp³-hybridized carbons (Fsp3) is 0.611. The summed E-state index contributed by atoms with van der Waals surface area (Å²) in [5.41, 5.74) is 3.13. The third-order valence-corrected chi connectivity index (χ3v) is 5.68. The molecular formula is C18H24N2O. The first-order valence-corrected chi connectivity index (χ1v) is 8.31. The number of carbonyl (C=O) groups excluding carboxylic acids is 1. The molecule has 112 valence electrons. The van der Waals surface area contributed by atoms with Crippen LogP contribution in [0.5, 0.6) is 0 Å². The van der Waals surface area contributed by atoms with Crippen LogP contribution in [-0.2, 0) is 16.6 Å². The van der Waals surface area contributed by atoms with Gasteiger partial charge in [0, 0.05) is 37.0 Å². The molecule has 2 aliphatic carbocycles. The molecule has 21 heavy (non-hydrogen) atoms. The molecule has 0 bridgehead atoms. The molecule has 3 heteroatoms. The minimum atomic E-state index is 0.181. The van der Waals surface area contributed by atoms with Crippen molar-refractivity contribution >= 4 is 5.91 Å². The van der Waals surface area contributed by atoms with E-state index in [2.05, 4.69) is 41.4 Å². The maximum atomic E-state index is 12.9. The van der Waals surface area contributed by atoms with Crippen molar-refractivity contribution in [1.82, 2.24) is 10.2 Å². The number of nitrogens with one attached hydrogen (secondary N) is 1. The van der Waals surface area contributed by atoms with Gasteiger partial charge in [-0.1, -0.05) is 24.3 Å². The molecule has 4 rings (SSSR count). The molecule has 3 aliphatic rings. The zero-order valence-electron chi connectivity index (χ0n) is 12.8. The summed E-state index contributed by atoms with van der Waals surface area (Å²) in [5, 5.41) is 3.42. The highest BCUT2D eigenvalue weighted by Crippen LogP contribution is 2.60. The lowest BCUT2D eigenvalue weighted by atomic mass is 9.78. The molecule has 1 N–H and O–H groups in total. The van der Waals surface area contributed by atoms with Gasteiger partial charge in [-0.2, -0.15) is 0 Å². The van der Waals surface area contributed by atoms with E-state index in [-0.39, 0.29) is 11.3 Å². The Kier molecular flexibility index (Phi) is 3.07. The summed E-state index contributed by atoms with van der Waals surface area (Å²) in [4.78, 5) is 15.0. The standard InChI is InChI=1S/C18H24N2O/c1-13-12-20(10-9-19-13)17(21)16-11-18(16)8-4-6-14-5-2-3-7-15(14)18/h2-3,5,7,13,16,19H,4,6,8-12H2,1H3. The summed E-state index contributed by atoms with van der Waals surface area (Å²) < 4.78 is 0. The summed E-state index contributed by atoms with van der Waals surface area (Å²) in [7, 11) is 0. The average molecular weight is 284 g/mol. The predicted molar refractivity (Wildman–Crippen MR) is 83.2 cm³/mol. The quantitative estimate of drug-likeness (QED) is 0.856. The molecule has 3 unspecified atom stereocenters. The van der Waals surface area contributed by atoms with Crippen LogP contribution in [-0.4, -0.2) is 36.5 Å². The van der Waals surface area contributed by atoms with Crippen LogP contribution in [0.1, 0.15) is 37.3 Å². The van der Waals surface area contributed by atoms with Crippen LogP contribution in [0.25, 0.3) is 0 Å². The fourth-order valence-corrected chi connectivity index (χ4v) is 4.51. The van der Waals surface area contributed by atoms with Crippen molar-refractivity contribution in [3.63, 3.8) is 0 Å². The van der Waals surface area contributed by atoms with Gasteiger partial charge in [-0.05, 0) is 43.7 Å². The Morgan fingerprint density at radius 1 is 1.38 bits per heavy atom.